The first-order chi connectivity index (χ1) is 8.22. The van der Waals surface area contributed by atoms with E-state index < -0.39 is 0 Å². The van der Waals surface area contributed by atoms with Crippen LogP contribution in [0.25, 0.3) is 0 Å². The highest BCUT2D eigenvalue weighted by Gasteiger charge is 2.51. The number of fused-ring (bicyclic) bond motifs is 2. The van der Waals surface area contributed by atoms with Gasteiger partial charge in [0.2, 0.25) is 0 Å². The van der Waals surface area contributed by atoms with Crippen LogP contribution in [-0.4, -0.2) is 5.54 Å². The van der Waals surface area contributed by atoms with E-state index >= 15 is 0 Å². The highest BCUT2D eigenvalue weighted by Crippen LogP contribution is 2.51. The predicted molar refractivity (Wildman–Crippen MR) is 68.9 cm³/mol. The molecule has 0 amide bonds. The summed E-state index contributed by atoms with van der Waals surface area (Å²) in [6, 6.07) is 10.2. The van der Waals surface area contributed by atoms with E-state index in [1.165, 1.54) is 19.3 Å². The molecule has 0 aliphatic heterocycles. The minimum absolute atomic E-state index is 0.337. The second kappa shape index (κ2) is 3.92. The van der Waals surface area contributed by atoms with Gasteiger partial charge in [0.1, 0.15) is 5.54 Å². The molecule has 2 fully saturated rings. The molecule has 3 unspecified atom stereocenters. The Morgan fingerprint density at radius 3 is 2.59 bits per heavy atom. The van der Waals surface area contributed by atoms with Gasteiger partial charge in [0, 0.05) is 10.7 Å². The number of hydrogen-bond acceptors (Lipinski definition) is 2. The van der Waals surface area contributed by atoms with Crippen molar-refractivity contribution in [3.05, 3.63) is 29.3 Å². The molecule has 0 aromatic heterocycles. The SMILES string of the molecule is N#CC1(Nc2ccc(Cl)cc2)CC2CCC1C2. The van der Waals surface area contributed by atoms with E-state index in [9.17, 15) is 5.26 Å². The van der Waals surface area contributed by atoms with Gasteiger partial charge in [-0.1, -0.05) is 11.6 Å². The highest BCUT2D eigenvalue weighted by atomic mass is 35.5. The molecule has 1 N–H and O–H groups in total. The normalized spacial score (nSPS) is 34.6. The van der Waals surface area contributed by atoms with Crippen LogP contribution in [0.2, 0.25) is 5.02 Å². The van der Waals surface area contributed by atoms with Crippen molar-refractivity contribution in [1.29, 1.82) is 5.26 Å². The molecule has 2 saturated carbocycles. The van der Waals surface area contributed by atoms with E-state index in [4.69, 9.17) is 11.6 Å². The van der Waals surface area contributed by atoms with Gasteiger partial charge in [0.25, 0.3) is 0 Å². The number of nitriles is 1. The Morgan fingerprint density at radius 2 is 2.06 bits per heavy atom. The summed E-state index contributed by atoms with van der Waals surface area (Å²) in [6.07, 6.45) is 4.71. The van der Waals surface area contributed by atoms with Crippen LogP contribution in [0.5, 0.6) is 0 Å². The number of nitrogens with one attached hydrogen (secondary N) is 1. The Morgan fingerprint density at radius 1 is 1.29 bits per heavy atom. The van der Waals surface area contributed by atoms with Crippen LogP contribution in [-0.2, 0) is 0 Å². The third-order valence-electron chi connectivity index (χ3n) is 4.26. The third-order valence-corrected chi connectivity index (χ3v) is 4.51. The second-order valence-electron chi connectivity index (χ2n) is 5.30. The molecule has 1 aromatic carbocycles. The Bertz CT molecular complexity index is 462. The van der Waals surface area contributed by atoms with Crippen molar-refractivity contribution in [3.8, 4) is 6.07 Å². The zero-order chi connectivity index (χ0) is 11.9. The third kappa shape index (κ3) is 1.79. The van der Waals surface area contributed by atoms with E-state index in [2.05, 4.69) is 11.4 Å². The van der Waals surface area contributed by atoms with Crippen LogP contribution in [0.15, 0.2) is 24.3 Å². The van der Waals surface area contributed by atoms with Crippen LogP contribution in [0.4, 0.5) is 5.69 Å². The van der Waals surface area contributed by atoms with Gasteiger partial charge in [-0.3, -0.25) is 0 Å². The van der Waals surface area contributed by atoms with Crippen molar-refractivity contribution in [2.75, 3.05) is 5.32 Å². The van der Waals surface area contributed by atoms with E-state index in [0.717, 1.165) is 23.0 Å². The zero-order valence-corrected chi connectivity index (χ0v) is 10.4. The Labute approximate surface area is 107 Å². The molecule has 3 rings (SSSR count). The summed E-state index contributed by atoms with van der Waals surface area (Å²) in [5, 5.41) is 13.7. The molecular weight excluding hydrogens is 232 g/mol. The number of benzene rings is 1. The Kier molecular flexibility index (Phi) is 2.52. The lowest BCUT2D eigenvalue weighted by Crippen LogP contribution is -2.41. The van der Waals surface area contributed by atoms with Crippen LogP contribution in [0.3, 0.4) is 0 Å². The molecule has 0 saturated heterocycles. The predicted octanol–water partition coefficient (Wildman–Crippen LogP) is 3.83. The Hall–Kier alpha value is -1.20. The molecule has 17 heavy (non-hydrogen) atoms. The summed E-state index contributed by atoms with van der Waals surface area (Å²) < 4.78 is 0. The topological polar surface area (TPSA) is 35.8 Å². The van der Waals surface area contributed by atoms with Gasteiger partial charge in [0.05, 0.1) is 6.07 Å². The summed E-state index contributed by atoms with van der Waals surface area (Å²) in [7, 11) is 0. The summed E-state index contributed by atoms with van der Waals surface area (Å²) in [5.74, 6) is 1.27. The molecule has 2 nitrogen and oxygen atoms in total. The largest absolute Gasteiger partial charge is 0.367 e. The smallest absolute Gasteiger partial charge is 0.128 e. The molecule has 0 heterocycles. The van der Waals surface area contributed by atoms with E-state index in [-0.39, 0.29) is 5.54 Å². The maximum absolute atomic E-state index is 9.52. The molecule has 3 heteroatoms. The zero-order valence-electron chi connectivity index (χ0n) is 9.62. The van der Waals surface area contributed by atoms with Crippen molar-refractivity contribution in [2.24, 2.45) is 11.8 Å². The minimum Gasteiger partial charge on any atom is -0.367 e. The van der Waals surface area contributed by atoms with Crippen molar-refractivity contribution < 1.29 is 0 Å². The van der Waals surface area contributed by atoms with Crippen LogP contribution in [0, 0.1) is 23.2 Å². The van der Waals surface area contributed by atoms with Gasteiger partial charge >= 0.3 is 0 Å². The summed E-state index contributed by atoms with van der Waals surface area (Å²) in [5.41, 5.74) is 0.667. The minimum atomic E-state index is -0.337. The van der Waals surface area contributed by atoms with Crippen molar-refractivity contribution in [1.82, 2.24) is 0 Å². The summed E-state index contributed by atoms with van der Waals surface area (Å²) >= 11 is 5.87. The fourth-order valence-corrected chi connectivity index (χ4v) is 3.56. The van der Waals surface area contributed by atoms with Crippen molar-refractivity contribution in [2.45, 2.75) is 31.2 Å². The molecular formula is C14H15ClN2. The number of halogens is 1. The first-order valence-corrected chi connectivity index (χ1v) is 6.55. The van der Waals surface area contributed by atoms with E-state index in [1.54, 1.807) is 0 Å². The number of anilines is 1. The van der Waals surface area contributed by atoms with Gasteiger partial charge < -0.3 is 5.32 Å². The van der Waals surface area contributed by atoms with Gasteiger partial charge in [0.15, 0.2) is 0 Å². The van der Waals surface area contributed by atoms with Gasteiger partial charge in [-0.25, -0.2) is 0 Å². The van der Waals surface area contributed by atoms with Crippen LogP contribution < -0.4 is 5.32 Å². The average Bonchev–Trinajstić information content (AvgIpc) is 2.93. The highest BCUT2D eigenvalue weighted by molar-refractivity contribution is 6.30. The van der Waals surface area contributed by atoms with E-state index in [1.807, 2.05) is 24.3 Å². The number of hydrogen-bond donors (Lipinski definition) is 1. The Balaban J connectivity index is 1.84. The molecule has 2 bridgehead atoms. The van der Waals surface area contributed by atoms with Crippen LogP contribution >= 0.6 is 11.6 Å². The molecule has 88 valence electrons. The maximum Gasteiger partial charge on any atom is 0.128 e. The van der Waals surface area contributed by atoms with Gasteiger partial charge in [-0.05, 0) is 61.8 Å². The van der Waals surface area contributed by atoms with Gasteiger partial charge in [-0.2, -0.15) is 5.26 Å². The average molecular weight is 247 g/mol. The first-order valence-electron chi connectivity index (χ1n) is 6.17. The number of rotatable bonds is 2. The summed E-state index contributed by atoms with van der Waals surface area (Å²) in [4.78, 5) is 0. The summed E-state index contributed by atoms with van der Waals surface area (Å²) in [6.45, 7) is 0. The monoisotopic (exact) mass is 246 g/mol. The second-order valence-corrected chi connectivity index (χ2v) is 5.73. The molecule has 2 aliphatic carbocycles. The quantitative estimate of drug-likeness (QED) is 0.861. The molecule has 0 radical (unpaired) electrons. The molecule has 1 aromatic rings. The lowest BCUT2D eigenvalue weighted by Gasteiger charge is -2.33. The first kappa shape index (κ1) is 10.9. The fraction of sp³-hybridized carbons (Fsp3) is 0.500. The van der Waals surface area contributed by atoms with Crippen molar-refractivity contribution in [3.63, 3.8) is 0 Å². The van der Waals surface area contributed by atoms with Crippen LogP contribution in [0.1, 0.15) is 25.7 Å². The maximum atomic E-state index is 9.52. The molecule has 0 spiro atoms. The number of nitrogens with zero attached hydrogens (tertiary/aromatic N) is 1. The lowest BCUT2D eigenvalue weighted by atomic mass is 9.82. The fourth-order valence-electron chi connectivity index (χ4n) is 3.44. The standard InChI is InChI=1S/C14H15ClN2/c15-12-3-5-13(6-4-12)17-14(9-16)8-10-1-2-11(14)7-10/h3-6,10-11,17H,1-2,7-8H2. The molecule has 2 aliphatic rings. The van der Waals surface area contributed by atoms with E-state index in [0.29, 0.717) is 5.92 Å². The van der Waals surface area contributed by atoms with Gasteiger partial charge in [-0.15, -0.1) is 0 Å². The molecule has 3 atom stereocenters. The lowest BCUT2D eigenvalue weighted by molar-refractivity contribution is 0.368. The van der Waals surface area contributed by atoms with Crippen molar-refractivity contribution >= 4 is 17.3 Å².